The van der Waals surface area contributed by atoms with Gasteiger partial charge in [-0.25, -0.2) is 0 Å². The minimum atomic E-state index is 0.435. The van der Waals surface area contributed by atoms with Crippen molar-refractivity contribution in [2.75, 3.05) is 13.1 Å². The molecule has 1 saturated heterocycles. The molecule has 1 fully saturated rings. The van der Waals surface area contributed by atoms with Gasteiger partial charge in [-0.05, 0) is 25.3 Å². The zero-order valence-corrected chi connectivity index (χ0v) is 9.49. The van der Waals surface area contributed by atoms with Crippen LogP contribution in [0, 0.1) is 5.92 Å². The first-order chi connectivity index (χ1) is 7.25. The number of nitrogens with zero attached hydrogens (tertiary/aromatic N) is 2. The highest BCUT2D eigenvalue weighted by atomic mass is 16.5. The third-order valence-corrected chi connectivity index (χ3v) is 2.84. The maximum atomic E-state index is 5.28. The highest BCUT2D eigenvalue weighted by Crippen LogP contribution is 2.20. The first-order valence-electron chi connectivity index (χ1n) is 5.79. The highest BCUT2D eigenvalue weighted by molar-refractivity contribution is 4.98. The van der Waals surface area contributed by atoms with Crippen LogP contribution in [-0.4, -0.2) is 23.2 Å². The van der Waals surface area contributed by atoms with Gasteiger partial charge in [-0.15, -0.1) is 0 Å². The fourth-order valence-corrected chi connectivity index (χ4v) is 1.82. The van der Waals surface area contributed by atoms with Gasteiger partial charge >= 0.3 is 0 Å². The summed E-state index contributed by atoms with van der Waals surface area (Å²) < 4.78 is 5.28. The molecule has 15 heavy (non-hydrogen) atoms. The minimum absolute atomic E-state index is 0.435. The fraction of sp³-hybridized carbons (Fsp3) is 0.818. The van der Waals surface area contributed by atoms with Crippen LogP contribution in [0.2, 0.25) is 0 Å². The van der Waals surface area contributed by atoms with Crippen molar-refractivity contribution in [3.63, 3.8) is 0 Å². The van der Waals surface area contributed by atoms with Crippen LogP contribution in [0.1, 0.15) is 44.3 Å². The monoisotopic (exact) mass is 209 g/mol. The molecule has 1 aromatic heterocycles. The summed E-state index contributed by atoms with van der Waals surface area (Å²) in [6.07, 6.45) is 3.18. The second-order valence-corrected chi connectivity index (χ2v) is 4.67. The lowest BCUT2D eigenvalue weighted by molar-refractivity contribution is 0.353. The first-order valence-corrected chi connectivity index (χ1v) is 5.79. The van der Waals surface area contributed by atoms with E-state index in [1.165, 1.54) is 0 Å². The lowest BCUT2D eigenvalue weighted by Crippen LogP contribution is -2.08. The number of hydrogen-bond acceptors (Lipinski definition) is 4. The van der Waals surface area contributed by atoms with Crippen LogP contribution in [0.4, 0.5) is 0 Å². The van der Waals surface area contributed by atoms with Crippen molar-refractivity contribution < 1.29 is 4.52 Å². The molecule has 4 nitrogen and oxygen atoms in total. The fourth-order valence-electron chi connectivity index (χ4n) is 1.82. The average molecular weight is 209 g/mol. The van der Waals surface area contributed by atoms with Crippen molar-refractivity contribution in [1.29, 1.82) is 0 Å². The molecule has 4 heteroatoms. The first kappa shape index (κ1) is 10.6. The summed E-state index contributed by atoms with van der Waals surface area (Å²) >= 11 is 0. The van der Waals surface area contributed by atoms with Gasteiger partial charge in [0.05, 0.1) is 5.92 Å². The van der Waals surface area contributed by atoms with Gasteiger partial charge in [0, 0.05) is 13.0 Å². The number of nitrogens with one attached hydrogen (secondary N) is 1. The van der Waals surface area contributed by atoms with Gasteiger partial charge in [0.1, 0.15) is 0 Å². The van der Waals surface area contributed by atoms with E-state index >= 15 is 0 Å². The largest absolute Gasteiger partial charge is 0.339 e. The molecule has 1 aliphatic rings. The number of rotatable bonds is 4. The van der Waals surface area contributed by atoms with Gasteiger partial charge in [0.15, 0.2) is 5.82 Å². The molecule has 0 amide bonds. The van der Waals surface area contributed by atoms with E-state index < -0.39 is 0 Å². The Hall–Kier alpha value is -0.900. The van der Waals surface area contributed by atoms with Gasteiger partial charge in [0.25, 0.3) is 0 Å². The quantitative estimate of drug-likeness (QED) is 0.820. The molecule has 1 unspecified atom stereocenters. The molecule has 1 N–H and O–H groups in total. The summed E-state index contributed by atoms with van der Waals surface area (Å²) in [7, 11) is 0. The average Bonchev–Trinajstić information content (AvgIpc) is 2.85. The maximum Gasteiger partial charge on any atom is 0.231 e. The molecule has 2 rings (SSSR count). The van der Waals surface area contributed by atoms with E-state index in [1.807, 2.05) is 0 Å². The molecule has 84 valence electrons. The summed E-state index contributed by atoms with van der Waals surface area (Å²) in [5.41, 5.74) is 0. The van der Waals surface area contributed by atoms with E-state index in [0.717, 1.165) is 44.1 Å². The second kappa shape index (κ2) is 4.75. The zero-order chi connectivity index (χ0) is 10.7. The standard InChI is InChI=1S/C11H19N3O/c1-8(2)3-4-10-13-11(15-14-10)9-5-6-12-7-9/h8-9,12H,3-7H2,1-2H3. The van der Waals surface area contributed by atoms with E-state index in [0.29, 0.717) is 11.8 Å². The molecule has 1 aromatic rings. The third kappa shape index (κ3) is 2.78. The van der Waals surface area contributed by atoms with E-state index in [2.05, 4.69) is 29.3 Å². The van der Waals surface area contributed by atoms with Crippen LogP contribution in [-0.2, 0) is 6.42 Å². The van der Waals surface area contributed by atoms with Crippen molar-refractivity contribution in [2.24, 2.45) is 5.92 Å². The maximum absolute atomic E-state index is 5.28. The van der Waals surface area contributed by atoms with Gasteiger partial charge in [-0.1, -0.05) is 19.0 Å². The molecule has 1 aliphatic heterocycles. The van der Waals surface area contributed by atoms with Crippen LogP contribution in [0.15, 0.2) is 4.52 Å². The van der Waals surface area contributed by atoms with E-state index in [9.17, 15) is 0 Å². The molecule has 0 radical (unpaired) electrons. The van der Waals surface area contributed by atoms with Crippen LogP contribution < -0.4 is 5.32 Å². The Morgan fingerprint density at radius 3 is 3.07 bits per heavy atom. The van der Waals surface area contributed by atoms with Crippen molar-refractivity contribution in [1.82, 2.24) is 15.5 Å². The van der Waals surface area contributed by atoms with Crippen molar-refractivity contribution in [3.05, 3.63) is 11.7 Å². The van der Waals surface area contributed by atoms with Gasteiger partial charge in [-0.3, -0.25) is 0 Å². The topological polar surface area (TPSA) is 51.0 Å². The Morgan fingerprint density at radius 2 is 2.40 bits per heavy atom. The lowest BCUT2D eigenvalue weighted by Gasteiger charge is -2.00. The zero-order valence-electron chi connectivity index (χ0n) is 9.49. The summed E-state index contributed by atoms with van der Waals surface area (Å²) in [6.45, 7) is 6.46. The summed E-state index contributed by atoms with van der Waals surface area (Å²) in [4.78, 5) is 4.45. The molecule has 0 aliphatic carbocycles. The second-order valence-electron chi connectivity index (χ2n) is 4.67. The molecule has 0 bridgehead atoms. The Morgan fingerprint density at radius 1 is 1.53 bits per heavy atom. The molecular formula is C11H19N3O. The minimum Gasteiger partial charge on any atom is -0.339 e. The summed E-state index contributed by atoms with van der Waals surface area (Å²) in [5, 5.41) is 7.32. The van der Waals surface area contributed by atoms with E-state index in [1.54, 1.807) is 0 Å². The van der Waals surface area contributed by atoms with Crippen LogP contribution >= 0.6 is 0 Å². The molecule has 0 aromatic carbocycles. The molecular weight excluding hydrogens is 190 g/mol. The Kier molecular flexibility index (Phi) is 3.36. The van der Waals surface area contributed by atoms with Gasteiger partial charge in [-0.2, -0.15) is 4.98 Å². The predicted molar refractivity (Wildman–Crippen MR) is 57.7 cm³/mol. The van der Waals surface area contributed by atoms with E-state index in [-0.39, 0.29) is 0 Å². The SMILES string of the molecule is CC(C)CCc1noc(C2CCNC2)n1. The van der Waals surface area contributed by atoms with E-state index in [4.69, 9.17) is 4.52 Å². The van der Waals surface area contributed by atoms with Crippen LogP contribution in [0.5, 0.6) is 0 Å². The normalized spacial score (nSPS) is 21.4. The Labute approximate surface area is 90.4 Å². The van der Waals surface area contributed by atoms with Crippen molar-refractivity contribution in [2.45, 2.75) is 39.0 Å². The highest BCUT2D eigenvalue weighted by Gasteiger charge is 2.22. The van der Waals surface area contributed by atoms with Crippen molar-refractivity contribution >= 4 is 0 Å². The van der Waals surface area contributed by atoms with Crippen LogP contribution in [0.25, 0.3) is 0 Å². The van der Waals surface area contributed by atoms with Crippen LogP contribution in [0.3, 0.4) is 0 Å². The lowest BCUT2D eigenvalue weighted by atomic mass is 10.1. The summed E-state index contributed by atoms with van der Waals surface area (Å²) in [5.74, 6) is 2.81. The molecule has 0 saturated carbocycles. The number of aromatic nitrogens is 2. The summed E-state index contributed by atoms with van der Waals surface area (Å²) in [6, 6.07) is 0. The molecule has 1 atom stereocenters. The van der Waals surface area contributed by atoms with Gasteiger partial charge < -0.3 is 9.84 Å². The number of aryl methyl sites for hydroxylation is 1. The molecule has 0 spiro atoms. The predicted octanol–water partition coefficient (Wildman–Crippen LogP) is 1.74. The van der Waals surface area contributed by atoms with Gasteiger partial charge in [0.2, 0.25) is 5.89 Å². The Bertz CT molecular complexity index is 303. The van der Waals surface area contributed by atoms with Crippen molar-refractivity contribution in [3.8, 4) is 0 Å². The Balaban J connectivity index is 1.91. The number of hydrogen-bond donors (Lipinski definition) is 1. The smallest absolute Gasteiger partial charge is 0.231 e. The third-order valence-electron chi connectivity index (χ3n) is 2.84. The molecule has 2 heterocycles.